The van der Waals surface area contributed by atoms with E-state index in [1.54, 1.807) is 49.6 Å². The summed E-state index contributed by atoms with van der Waals surface area (Å²) in [5.74, 6) is 1.16. The van der Waals surface area contributed by atoms with Crippen LogP contribution in [-0.4, -0.2) is 49.4 Å². The quantitative estimate of drug-likeness (QED) is 0.314. The third-order valence-corrected chi connectivity index (χ3v) is 4.75. The van der Waals surface area contributed by atoms with Gasteiger partial charge in [-0.3, -0.25) is 9.59 Å². The Balaban J connectivity index is 1.47. The first-order valence-electron chi connectivity index (χ1n) is 10.8. The Kier molecular flexibility index (Phi) is 8.84. The van der Waals surface area contributed by atoms with Crippen molar-refractivity contribution in [3.63, 3.8) is 0 Å². The number of carbonyl (C=O) groups is 2. The standard InChI is InChI=1S/C24H27N3O7/c1-4-5-12-32-17-8-6-16(7-9-17)24(29)25-14-22(28)33-15-21-26-23(27-34-21)19-11-10-18(30-2)13-20(19)31-3/h6-11,13H,4-5,12,14-15H2,1-3H3,(H,25,29). The second kappa shape index (κ2) is 12.2. The predicted octanol–water partition coefficient (Wildman–Crippen LogP) is 3.41. The molecule has 0 radical (unpaired) electrons. The van der Waals surface area contributed by atoms with E-state index in [9.17, 15) is 9.59 Å². The van der Waals surface area contributed by atoms with E-state index in [1.807, 2.05) is 0 Å². The summed E-state index contributed by atoms with van der Waals surface area (Å²) >= 11 is 0. The van der Waals surface area contributed by atoms with Gasteiger partial charge in [-0.05, 0) is 42.8 Å². The maximum atomic E-state index is 12.2. The Morgan fingerprint density at radius 3 is 2.50 bits per heavy atom. The molecular formula is C24H27N3O7. The highest BCUT2D eigenvalue weighted by molar-refractivity contribution is 5.96. The van der Waals surface area contributed by atoms with Crippen molar-refractivity contribution in [3.05, 3.63) is 53.9 Å². The fraction of sp³-hybridized carbons (Fsp3) is 0.333. The van der Waals surface area contributed by atoms with E-state index in [0.717, 1.165) is 12.8 Å². The minimum atomic E-state index is -0.644. The van der Waals surface area contributed by atoms with Gasteiger partial charge >= 0.3 is 5.97 Å². The zero-order valence-electron chi connectivity index (χ0n) is 19.3. The van der Waals surface area contributed by atoms with Gasteiger partial charge in [0, 0.05) is 11.6 Å². The van der Waals surface area contributed by atoms with E-state index in [-0.39, 0.29) is 24.9 Å². The number of nitrogens with one attached hydrogen (secondary N) is 1. The molecule has 34 heavy (non-hydrogen) atoms. The molecule has 2 aromatic carbocycles. The molecule has 0 bridgehead atoms. The van der Waals surface area contributed by atoms with E-state index in [4.69, 9.17) is 23.5 Å². The molecule has 3 aromatic rings. The Labute approximate surface area is 197 Å². The third-order valence-electron chi connectivity index (χ3n) is 4.75. The molecule has 0 saturated heterocycles. The molecule has 1 aromatic heterocycles. The van der Waals surface area contributed by atoms with Gasteiger partial charge in [0.15, 0.2) is 6.61 Å². The van der Waals surface area contributed by atoms with Crippen LogP contribution in [0.15, 0.2) is 47.0 Å². The number of unbranched alkanes of at least 4 members (excludes halogenated alkanes) is 1. The predicted molar refractivity (Wildman–Crippen MR) is 122 cm³/mol. The molecule has 1 N–H and O–H groups in total. The molecule has 180 valence electrons. The monoisotopic (exact) mass is 469 g/mol. The summed E-state index contributed by atoms with van der Waals surface area (Å²) in [5, 5.41) is 6.41. The minimum absolute atomic E-state index is 0.103. The Bertz CT molecular complexity index is 1100. The van der Waals surface area contributed by atoms with Crippen LogP contribution in [0.5, 0.6) is 17.2 Å². The van der Waals surface area contributed by atoms with Crippen LogP contribution in [0.3, 0.4) is 0 Å². The normalized spacial score (nSPS) is 10.4. The van der Waals surface area contributed by atoms with Gasteiger partial charge in [-0.25, -0.2) is 0 Å². The van der Waals surface area contributed by atoms with Crippen LogP contribution in [0.2, 0.25) is 0 Å². The van der Waals surface area contributed by atoms with Gasteiger partial charge in [-0.1, -0.05) is 18.5 Å². The molecule has 3 rings (SSSR count). The molecule has 0 saturated carbocycles. The number of hydrogen-bond donors (Lipinski definition) is 1. The molecule has 1 heterocycles. The summed E-state index contributed by atoms with van der Waals surface area (Å²) in [6.45, 7) is 2.18. The maximum absolute atomic E-state index is 12.2. The lowest BCUT2D eigenvalue weighted by molar-refractivity contribution is -0.144. The number of nitrogens with zero attached hydrogens (tertiary/aromatic N) is 2. The molecule has 0 unspecified atom stereocenters. The maximum Gasteiger partial charge on any atom is 0.325 e. The lowest BCUT2D eigenvalue weighted by atomic mass is 10.2. The highest BCUT2D eigenvalue weighted by atomic mass is 16.6. The van der Waals surface area contributed by atoms with Crippen LogP contribution in [-0.2, 0) is 16.1 Å². The summed E-state index contributed by atoms with van der Waals surface area (Å²) in [6.07, 6.45) is 2.01. The summed E-state index contributed by atoms with van der Waals surface area (Å²) in [4.78, 5) is 28.5. The molecule has 0 atom stereocenters. The molecule has 0 aliphatic heterocycles. The van der Waals surface area contributed by atoms with E-state index >= 15 is 0 Å². The lowest BCUT2D eigenvalue weighted by Crippen LogP contribution is -2.30. The van der Waals surface area contributed by atoms with E-state index < -0.39 is 11.9 Å². The van der Waals surface area contributed by atoms with Gasteiger partial charge in [-0.2, -0.15) is 4.98 Å². The zero-order valence-corrected chi connectivity index (χ0v) is 19.3. The van der Waals surface area contributed by atoms with Crippen LogP contribution < -0.4 is 19.5 Å². The molecule has 10 nitrogen and oxygen atoms in total. The third kappa shape index (κ3) is 6.71. The fourth-order valence-corrected chi connectivity index (χ4v) is 2.89. The average molecular weight is 469 g/mol. The number of esters is 1. The Morgan fingerprint density at radius 1 is 1.03 bits per heavy atom. The SMILES string of the molecule is CCCCOc1ccc(C(=O)NCC(=O)OCc2nc(-c3ccc(OC)cc3OC)no2)cc1. The summed E-state index contributed by atoms with van der Waals surface area (Å²) in [6, 6.07) is 11.9. The first-order valence-corrected chi connectivity index (χ1v) is 10.8. The van der Waals surface area contributed by atoms with Crippen molar-refractivity contribution in [3.8, 4) is 28.6 Å². The molecule has 0 fully saturated rings. The molecule has 0 aliphatic rings. The van der Waals surface area contributed by atoms with E-state index in [2.05, 4.69) is 22.4 Å². The van der Waals surface area contributed by atoms with Crippen LogP contribution in [0, 0.1) is 0 Å². The highest BCUT2D eigenvalue weighted by Gasteiger charge is 2.16. The number of methoxy groups -OCH3 is 2. The second-order valence-corrected chi connectivity index (χ2v) is 7.15. The molecular weight excluding hydrogens is 442 g/mol. The molecule has 1 amide bonds. The van der Waals surface area contributed by atoms with Gasteiger partial charge in [0.2, 0.25) is 5.82 Å². The Morgan fingerprint density at radius 2 is 1.79 bits per heavy atom. The molecule has 0 aliphatic carbocycles. The van der Waals surface area contributed by atoms with Crippen molar-refractivity contribution in [2.24, 2.45) is 0 Å². The summed E-state index contributed by atoms with van der Waals surface area (Å²) in [7, 11) is 3.07. The van der Waals surface area contributed by atoms with Gasteiger partial charge < -0.3 is 28.8 Å². The van der Waals surface area contributed by atoms with Gasteiger partial charge in [0.25, 0.3) is 11.8 Å². The smallest absolute Gasteiger partial charge is 0.325 e. The molecule has 0 spiro atoms. The number of hydrogen-bond acceptors (Lipinski definition) is 9. The number of aromatic nitrogens is 2. The minimum Gasteiger partial charge on any atom is -0.497 e. The van der Waals surface area contributed by atoms with Crippen LogP contribution in [0.1, 0.15) is 36.0 Å². The first-order chi connectivity index (χ1) is 16.5. The number of ether oxygens (including phenoxy) is 4. The average Bonchev–Trinajstić information content (AvgIpc) is 3.35. The Hall–Kier alpha value is -4.08. The van der Waals surface area contributed by atoms with Gasteiger partial charge in [0.05, 0.1) is 26.4 Å². The van der Waals surface area contributed by atoms with Crippen LogP contribution >= 0.6 is 0 Å². The van der Waals surface area contributed by atoms with Crippen molar-refractivity contribution in [2.45, 2.75) is 26.4 Å². The molecule has 10 heteroatoms. The number of benzene rings is 2. The number of carbonyl (C=O) groups excluding carboxylic acids is 2. The van der Waals surface area contributed by atoms with E-state index in [0.29, 0.717) is 35.0 Å². The van der Waals surface area contributed by atoms with Crippen molar-refractivity contribution < 1.29 is 33.1 Å². The summed E-state index contributed by atoms with van der Waals surface area (Å²) < 4.78 is 26.3. The van der Waals surface area contributed by atoms with Crippen molar-refractivity contribution >= 4 is 11.9 Å². The second-order valence-electron chi connectivity index (χ2n) is 7.15. The number of amides is 1. The fourth-order valence-electron chi connectivity index (χ4n) is 2.89. The lowest BCUT2D eigenvalue weighted by Gasteiger charge is -2.07. The van der Waals surface area contributed by atoms with Crippen molar-refractivity contribution in [1.29, 1.82) is 0 Å². The first kappa shape index (κ1) is 24.6. The van der Waals surface area contributed by atoms with Gasteiger partial charge in [0.1, 0.15) is 23.8 Å². The van der Waals surface area contributed by atoms with Gasteiger partial charge in [-0.15, -0.1) is 0 Å². The zero-order chi connectivity index (χ0) is 24.3. The summed E-state index contributed by atoms with van der Waals surface area (Å²) in [5.41, 5.74) is 1.00. The highest BCUT2D eigenvalue weighted by Crippen LogP contribution is 2.31. The van der Waals surface area contributed by atoms with E-state index in [1.165, 1.54) is 7.11 Å². The van der Waals surface area contributed by atoms with Crippen molar-refractivity contribution in [2.75, 3.05) is 27.4 Å². The van der Waals surface area contributed by atoms with Crippen molar-refractivity contribution in [1.82, 2.24) is 15.5 Å². The van der Waals surface area contributed by atoms with Crippen LogP contribution in [0.4, 0.5) is 0 Å². The van der Waals surface area contributed by atoms with Crippen LogP contribution in [0.25, 0.3) is 11.4 Å². The largest absolute Gasteiger partial charge is 0.497 e. The number of rotatable bonds is 12. The topological polar surface area (TPSA) is 122 Å².